The fourth-order valence-electron chi connectivity index (χ4n) is 1.63. The Kier molecular flexibility index (Phi) is 4.32. The zero-order valence-corrected chi connectivity index (χ0v) is 9.78. The van der Waals surface area contributed by atoms with Crippen LogP contribution in [-0.2, 0) is 0 Å². The maximum absolute atomic E-state index is 13.6. The van der Waals surface area contributed by atoms with Crippen LogP contribution in [0.5, 0.6) is 0 Å². The lowest BCUT2D eigenvalue weighted by molar-refractivity contribution is -0.257. The molecule has 1 rings (SSSR count). The van der Waals surface area contributed by atoms with Gasteiger partial charge < -0.3 is 0 Å². The van der Waals surface area contributed by atoms with Crippen LogP contribution in [0.2, 0.25) is 0 Å². The summed E-state index contributed by atoms with van der Waals surface area (Å²) in [7, 11) is 0. The van der Waals surface area contributed by atoms with Crippen molar-refractivity contribution in [3.05, 3.63) is 12.2 Å². The van der Waals surface area contributed by atoms with Gasteiger partial charge in [0.25, 0.3) is 0 Å². The summed E-state index contributed by atoms with van der Waals surface area (Å²) < 4.78 is 77.0. The third-order valence-corrected chi connectivity index (χ3v) is 2.86. The minimum atomic E-state index is -4.51. The Morgan fingerprint density at radius 1 is 1.06 bits per heavy atom. The van der Waals surface area contributed by atoms with Crippen LogP contribution in [0, 0.1) is 0 Å². The number of hydrogen-bond acceptors (Lipinski definition) is 2. The minimum Gasteiger partial charge on any atom is -0.266 e. The Balaban J connectivity index is 2.61. The van der Waals surface area contributed by atoms with E-state index in [0.717, 1.165) is 6.92 Å². The molecule has 1 fully saturated rings. The maximum Gasteiger partial charge on any atom is 0.460 e. The summed E-state index contributed by atoms with van der Waals surface area (Å²) in [4.78, 5) is 0.881. The molecule has 0 saturated carbocycles. The van der Waals surface area contributed by atoms with Crippen molar-refractivity contribution in [3.8, 4) is 0 Å². The highest BCUT2D eigenvalue weighted by Crippen LogP contribution is 2.32. The lowest BCUT2D eigenvalue weighted by atomic mass is 10.1. The first-order valence-corrected chi connectivity index (χ1v) is 5.30. The summed E-state index contributed by atoms with van der Waals surface area (Å²) in [5, 5.41) is 0. The molecule has 0 N–H and O–H groups in total. The van der Waals surface area contributed by atoms with Gasteiger partial charge in [-0.1, -0.05) is 6.58 Å². The van der Waals surface area contributed by atoms with E-state index in [1.165, 1.54) is 0 Å². The Labute approximate surface area is 101 Å². The van der Waals surface area contributed by atoms with Crippen molar-refractivity contribution in [2.45, 2.75) is 25.4 Å². The van der Waals surface area contributed by atoms with Crippen LogP contribution in [0.25, 0.3) is 0 Å². The molecule has 0 bridgehead atoms. The van der Waals surface area contributed by atoms with Gasteiger partial charge in [0.15, 0.2) is 0 Å². The molecular weight excluding hydrogens is 262 g/mol. The van der Waals surface area contributed by atoms with Gasteiger partial charge in [-0.15, -0.1) is 0 Å². The fraction of sp³-hybridized carbons (Fsp3) is 0.800. The SMILES string of the molecule is C=C(C)C(F)(F)C(F)N1CCN(C(F)(F)F)CC1. The van der Waals surface area contributed by atoms with Gasteiger partial charge >= 0.3 is 12.2 Å². The number of halogens is 6. The second-order valence-electron chi connectivity index (χ2n) is 4.23. The highest BCUT2D eigenvalue weighted by atomic mass is 19.4. The standard InChI is InChI=1S/C10H14F6N2/c1-7(2)9(12,13)8(11)17-3-5-18(6-4-17)10(14,15)16/h8H,1,3-6H2,2H3. The molecule has 106 valence electrons. The lowest BCUT2D eigenvalue weighted by Gasteiger charge is -2.38. The minimum absolute atomic E-state index is 0.176. The molecule has 0 spiro atoms. The molecule has 1 aliphatic heterocycles. The summed E-state index contributed by atoms with van der Waals surface area (Å²) in [6.07, 6.45) is -7.14. The molecule has 0 radical (unpaired) electrons. The van der Waals surface area contributed by atoms with Crippen molar-refractivity contribution in [3.63, 3.8) is 0 Å². The van der Waals surface area contributed by atoms with Crippen molar-refractivity contribution in [2.24, 2.45) is 0 Å². The van der Waals surface area contributed by atoms with E-state index in [0.29, 0.717) is 4.90 Å². The van der Waals surface area contributed by atoms with E-state index in [4.69, 9.17) is 0 Å². The van der Waals surface area contributed by atoms with E-state index in [1.54, 1.807) is 0 Å². The number of alkyl halides is 6. The number of rotatable bonds is 3. The molecule has 18 heavy (non-hydrogen) atoms. The maximum atomic E-state index is 13.6. The van der Waals surface area contributed by atoms with E-state index >= 15 is 0 Å². The van der Waals surface area contributed by atoms with Crippen LogP contribution >= 0.6 is 0 Å². The summed E-state index contributed by atoms with van der Waals surface area (Å²) >= 11 is 0. The van der Waals surface area contributed by atoms with E-state index in [1.807, 2.05) is 0 Å². The first-order chi connectivity index (χ1) is 8.06. The highest BCUT2D eigenvalue weighted by Gasteiger charge is 2.47. The summed E-state index contributed by atoms with van der Waals surface area (Å²) in [6, 6.07) is 0. The van der Waals surface area contributed by atoms with Crippen LogP contribution in [0.15, 0.2) is 12.2 Å². The third-order valence-electron chi connectivity index (χ3n) is 2.86. The molecule has 1 unspecified atom stereocenters. The van der Waals surface area contributed by atoms with E-state index in [2.05, 4.69) is 6.58 Å². The molecular formula is C10H14F6N2. The van der Waals surface area contributed by atoms with Crippen LogP contribution in [0.3, 0.4) is 0 Å². The van der Waals surface area contributed by atoms with Crippen molar-refractivity contribution >= 4 is 0 Å². The van der Waals surface area contributed by atoms with Gasteiger partial charge in [-0.05, 0) is 12.5 Å². The molecule has 8 heteroatoms. The third kappa shape index (κ3) is 3.17. The van der Waals surface area contributed by atoms with Crippen LogP contribution in [0.4, 0.5) is 26.3 Å². The van der Waals surface area contributed by atoms with Crippen molar-refractivity contribution < 1.29 is 26.3 Å². The topological polar surface area (TPSA) is 6.48 Å². The first kappa shape index (κ1) is 15.3. The Hall–Kier alpha value is -0.760. The zero-order chi connectivity index (χ0) is 14.1. The van der Waals surface area contributed by atoms with Crippen molar-refractivity contribution in [1.29, 1.82) is 0 Å². The molecule has 1 heterocycles. The predicted molar refractivity (Wildman–Crippen MR) is 53.9 cm³/mol. The molecule has 0 aromatic carbocycles. The molecule has 1 saturated heterocycles. The number of nitrogens with zero attached hydrogens (tertiary/aromatic N) is 2. The van der Waals surface area contributed by atoms with Gasteiger partial charge in [0.2, 0.25) is 6.30 Å². The Morgan fingerprint density at radius 2 is 1.50 bits per heavy atom. The summed E-state index contributed by atoms with van der Waals surface area (Å²) in [5.41, 5.74) is -0.645. The normalized spacial score (nSPS) is 21.9. The van der Waals surface area contributed by atoms with Crippen LogP contribution < -0.4 is 0 Å². The Bertz CT molecular complexity index is 306. The van der Waals surface area contributed by atoms with Crippen molar-refractivity contribution in [1.82, 2.24) is 9.80 Å². The predicted octanol–water partition coefficient (Wildman–Crippen LogP) is 2.63. The van der Waals surface area contributed by atoms with Gasteiger partial charge in [0, 0.05) is 26.2 Å². The molecule has 0 aromatic heterocycles. The van der Waals surface area contributed by atoms with Crippen LogP contribution in [-0.4, -0.2) is 54.5 Å². The zero-order valence-electron chi connectivity index (χ0n) is 9.78. The number of piperazine rings is 1. The number of hydrogen-bond donors (Lipinski definition) is 0. The van der Waals surface area contributed by atoms with Gasteiger partial charge in [0.05, 0.1) is 0 Å². The second-order valence-corrected chi connectivity index (χ2v) is 4.23. The van der Waals surface area contributed by atoms with Gasteiger partial charge in [0.1, 0.15) is 0 Å². The quantitative estimate of drug-likeness (QED) is 0.444. The van der Waals surface area contributed by atoms with E-state index < -0.39 is 50.3 Å². The molecule has 1 aliphatic rings. The molecule has 1 atom stereocenters. The lowest BCUT2D eigenvalue weighted by Crippen LogP contribution is -2.57. The largest absolute Gasteiger partial charge is 0.460 e. The van der Waals surface area contributed by atoms with E-state index in [9.17, 15) is 26.3 Å². The average Bonchev–Trinajstić information content (AvgIpc) is 2.26. The highest BCUT2D eigenvalue weighted by molar-refractivity contribution is 5.07. The van der Waals surface area contributed by atoms with E-state index in [-0.39, 0.29) is 4.90 Å². The van der Waals surface area contributed by atoms with Gasteiger partial charge in [-0.25, -0.2) is 9.29 Å². The van der Waals surface area contributed by atoms with Crippen LogP contribution in [0.1, 0.15) is 6.92 Å². The second kappa shape index (κ2) is 5.08. The Morgan fingerprint density at radius 3 is 1.83 bits per heavy atom. The van der Waals surface area contributed by atoms with Gasteiger partial charge in [-0.2, -0.15) is 22.0 Å². The average molecular weight is 276 g/mol. The summed E-state index contributed by atoms with van der Waals surface area (Å²) in [6.45, 7) is 2.14. The molecule has 0 amide bonds. The molecule has 0 aromatic rings. The first-order valence-electron chi connectivity index (χ1n) is 5.30. The molecule has 0 aliphatic carbocycles. The van der Waals surface area contributed by atoms with Crippen molar-refractivity contribution in [2.75, 3.05) is 26.2 Å². The fourth-order valence-corrected chi connectivity index (χ4v) is 1.63. The summed E-state index contributed by atoms with van der Waals surface area (Å²) in [5.74, 6) is -3.75. The van der Waals surface area contributed by atoms with Gasteiger partial charge in [-0.3, -0.25) is 4.90 Å². The smallest absolute Gasteiger partial charge is 0.266 e. The monoisotopic (exact) mass is 276 g/mol. The molecule has 2 nitrogen and oxygen atoms in total.